The van der Waals surface area contributed by atoms with Crippen LogP contribution in [0, 0.1) is 0 Å². The van der Waals surface area contributed by atoms with Gasteiger partial charge < -0.3 is 26.0 Å². The number of methoxy groups -OCH3 is 1. The lowest BCUT2D eigenvalue weighted by Gasteiger charge is -2.17. The summed E-state index contributed by atoms with van der Waals surface area (Å²) in [5.41, 5.74) is 5.23. The Bertz CT molecular complexity index is 217. The van der Waals surface area contributed by atoms with Gasteiger partial charge in [0.2, 0.25) is 0 Å². The molecule has 5 N–H and O–H groups in total. The van der Waals surface area contributed by atoms with Crippen molar-refractivity contribution in [2.75, 3.05) is 20.3 Å². The summed E-state index contributed by atoms with van der Waals surface area (Å²) in [7, 11) is 1.30. The van der Waals surface area contributed by atoms with Gasteiger partial charge >= 0.3 is 5.97 Å². The summed E-state index contributed by atoms with van der Waals surface area (Å²) in [5.74, 6) is -1.80. The fourth-order valence-electron chi connectivity index (χ4n) is 0.961. The third kappa shape index (κ3) is 4.73. The van der Waals surface area contributed by atoms with Crippen molar-refractivity contribution < 1.29 is 24.5 Å². The van der Waals surface area contributed by atoms with E-state index in [1.807, 2.05) is 0 Å². The van der Waals surface area contributed by atoms with Crippen LogP contribution in [0.5, 0.6) is 0 Å². The first-order chi connectivity index (χ1) is 7.06. The van der Waals surface area contributed by atoms with Gasteiger partial charge in [-0.05, 0) is 0 Å². The molecule has 0 saturated heterocycles. The summed E-state index contributed by atoms with van der Waals surface area (Å²) in [6, 6.07) is -1.12. The van der Waals surface area contributed by atoms with Crippen molar-refractivity contribution in [1.82, 2.24) is 5.32 Å². The molecule has 0 bridgehead atoms. The van der Waals surface area contributed by atoms with Gasteiger partial charge in [0.15, 0.2) is 0 Å². The molecule has 2 unspecified atom stereocenters. The summed E-state index contributed by atoms with van der Waals surface area (Å²) >= 11 is 0. The highest BCUT2D eigenvalue weighted by atomic mass is 16.5. The van der Waals surface area contributed by atoms with E-state index in [0.717, 1.165) is 0 Å². The summed E-state index contributed by atoms with van der Waals surface area (Å²) in [6.07, 6.45) is -0.923. The molecule has 0 fully saturated rings. The molecular weight excluding hydrogens is 204 g/mol. The number of carbonyl (C=O) groups excluding carboxylic acids is 1. The van der Waals surface area contributed by atoms with Crippen LogP contribution in [-0.4, -0.2) is 54.5 Å². The van der Waals surface area contributed by atoms with E-state index in [9.17, 15) is 9.59 Å². The Labute approximate surface area is 87.2 Å². The highest BCUT2D eigenvalue weighted by molar-refractivity contribution is 5.86. The van der Waals surface area contributed by atoms with E-state index < -0.39 is 24.0 Å². The molecule has 7 heteroatoms. The number of carboxylic acid groups (broad SMARTS) is 1. The molecule has 88 valence electrons. The van der Waals surface area contributed by atoms with Crippen molar-refractivity contribution in [2.24, 2.45) is 5.73 Å². The largest absolute Gasteiger partial charge is 0.480 e. The van der Waals surface area contributed by atoms with E-state index in [-0.39, 0.29) is 19.6 Å². The van der Waals surface area contributed by atoms with Crippen LogP contribution in [0.15, 0.2) is 0 Å². The van der Waals surface area contributed by atoms with Crippen molar-refractivity contribution in [2.45, 2.75) is 18.6 Å². The first-order valence-corrected chi connectivity index (χ1v) is 4.43. The van der Waals surface area contributed by atoms with Gasteiger partial charge in [-0.1, -0.05) is 0 Å². The maximum atomic E-state index is 11.3. The van der Waals surface area contributed by atoms with Crippen LogP contribution in [0.3, 0.4) is 0 Å². The average molecular weight is 220 g/mol. The summed E-state index contributed by atoms with van der Waals surface area (Å²) in [5, 5.41) is 19.5. The van der Waals surface area contributed by atoms with Crippen LogP contribution in [0.1, 0.15) is 6.42 Å². The lowest BCUT2D eigenvalue weighted by Crippen LogP contribution is -2.48. The van der Waals surface area contributed by atoms with E-state index in [1.165, 1.54) is 7.11 Å². The van der Waals surface area contributed by atoms with Gasteiger partial charge in [0.25, 0.3) is 5.91 Å². The van der Waals surface area contributed by atoms with Gasteiger partial charge in [0.1, 0.15) is 12.1 Å². The Kier molecular flexibility index (Phi) is 6.59. The lowest BCUT2D eigenvalue weighted by atomic mass is 10.2. The molecule has 0 aliphatic heterocycles. The maximum absolute atomic E-state index is 11.3. The molecule has 0 radical (unpaired) electrons. The number of rotatable bonds is 7. The minimum atomic E-state index is -1.20. The van der Waals surface area contributed by atoms with Gasteiger partial charge in [0.05, 0.1) is 0 Å². The van der Waals surface area contributed by atoms with Gasteiger partial charge in [0, 0.05) is 26.7 Å². The van der Waals surface area contributed by atoms with E-state index in [4.69, 9.17) is 20.7 Å². The Morgan fingerprint density at radius 2 is 2.13 bits per heavy atom. The molecule has 0 aromatic heterocycles. The topological polar surface area (TPSA) is 122 Å². The number of aliphatic carboxylic acids is 1. The number of nitrogens with two attached hydrogens (primary N) is 1. The van der Waals surface area contributed by atoms with Crippen LogP contribution in [-0.2, 0) is 14.3 Å². The predicted molar refractivity (Wildman–Crippen MR) is 51.1 cm³/mol. The van der Waals surface area contributed by atoms with Gasteiger partial charge in [-0.2, -0.15) is 0 Å². The number of hydrogen-bond acceptors (Lipinski definition) is 5. The fourth-order valence-corrected chi connectivity index (χ4v) is 0.961. The third-order valence-electron chi connectivity index (χ3n) is 1.82. The predicted octanol–water partition coefficient (Wildman–Crippen LogP) is -2.09. The molecule has 0 rings (SSSR count). The Morgan fingerprint density at radius 1 is 1.53 bits per heavy atom. The molecule has 0 saturated carbocycles. The number of aliphatic hydroxyl groups excluding tert-OH is 1. The Hall–Kier alpha value is -1.18. The van der Waals surface area contributed by atoms with E-state index in [2.05, 4.69) is 5.32 Å². The first kappa shape index (κ1) is 13.8. The van der Waals surface area contributed by atoms with Crippen molar-refractivity contribution in [1.29, 1.82) is 0 Å². The van der Waals surface area contributed by atoms with E-state index >= 15 is 0 Å². The zero-order chi connectivity index (χ0) is 11.8. The molecular formula is C8H16N2O5. The molecule has 0 aliphatic carbocycles. The zero-order valence-corrected chi connectivity index (χ0v) is 8.47. The molecule has 0 heterocycles. The molecule has 0 aromatic rings. The van der Waals surface area contributed by atoms with Crippen LogP contribution in [0.25, 0.3) is 0 Å². The summed E-state index contributed by atoms with van der Waals surface area (Å²) < 4.78 is 4.73. The number of hydrogen-bond donors (Lipinski definition) is 4. The molecule has 7 nitrogen and oxygen atoms in total. The van der Waals surface area contributed by atoms with Crippen LogP contribution >= 0.6 is 0 Å². The Balaban J connectivity index is 4.27. The van der Waals surface area contributed by atoms with E-state index in [0.29, 0.717) is 0 Å². The minimum Gasteiger partial charge on any atom is -0.480 e. The number of carboxylic acids is 1. The number of ether oxygens (including phenoxy) is 1. The third-order valence-corrected chi connectivity index (χ3v) is 1.82. The van der Waals surface area contributed by atoms with Crippen LogP contribution in [0.2, 0.25) is 0 Å². The van der Waals surface area contributed by atoms with Crippen molar-refractivity contribution in [3.63, 3.8) is 0 Å². The average Bonchev–Trinajstić information content (AvgIpc) is 2.18. The number of nitrogens with one attached hydrogen (secondary N) is 1. The number of aliphatic hydroxyl groups is 1. The smallest absolute Gasteiger partial charge is 0.326 e. The maximum Gasteiger partial charge on any atom is 0.326 e. The fraction of sp³-hybridized carbons (Fsp3) is 0.750. The van der Waals surface area contributed by atoms with Crippen LogP contribution in [0.4, 0.5) is 0 Å². The Morgan fingerprint density at radius 3 is 2.47 bits per heavy atom. The highest BCUT2D eigenvalue weighted by Crippen LogP contribution is 1.94. The monoisotopic (exact) mass is 220 g/mol. The number of carbonyl (C=O) groups is 2. The molecule has 0 aromatic carbocycles. The van der Waals surface area contributed by atoms with Crippen molar-refractivity contribution >= 4 is 11.9 Å². The van der Waals surface area contributed by atoms with Gasteiger partial charge in [-0.25, -0.2) is 4.79 Å². The normalized spacial score (nSPS) is 14.3. The number of amides is 1. The first-order valence-electron chi connectivity index (χ1n) is 4.43. The molecule has 0 aliphatic rings. The second-order valence-corrected chi connectivity index (χ2v) is 2.87. The molecule has 1 amide bonds. The minimum absolute atomic E-state index is 0.0339. The van der Waals surface area contributed by atoms with Gasteiger partial charge in [-0.15, -0.1) is 0 Å². The summed E-state index contributed by atoms with van der Waals surface area (Å²) in [4.78, 5) is 22.0. The van der Waals surface area contributed by atoms with Crippen LogP contribution < -0.4 is 11.1 Å². The van der Waals surface area contributed by atoms with Crippen molar-refractivity contribution in [3.05, 3.63) is 0 Å². The standard InChI is InChI=1S/C8H16N2O5/c1-15-6(4-9)7(12)10-5(2-3-11)8(13)14/h5-6,11H,2-4,9H2,1H3,(H,10,12)(H,13,14). The summed E-state index contributed by atoms with van der Waals surface area (Å²) in [6.45, 7) is -0.356. The second kappa shape index (κ2) is 7.16. The molecule has 0 spiro atoms. The second-order valence-electron chi connectivity index (χ2n) is 2.87. The van der Waals surface area contributed by atoms with Crippen molar-refractivity contribution in [3.8, 4) is 0 Å². The zero-order valence-electron chi connectivity index (χ0n) is 8.47. The van der Waals surface area contributed by atoms with E-state index in [1.54, 1.807) is 0 Å². The SMILES string of the molecule is COC(CN)C(=O)NC(CCO)C(=O)O. The lowest BCUT2D eigenvalue weighted by molar-refractivity contribution is -0.144. The van der Waals surface area contributed by atoms with Gasteiger partial charge in [-0.3, -0.25) is 4.79 Å². The molecule has 15 heavy (non-hydrogen) atoms. The quantitative estimate of drug-likeness (QED) is 0.390. The molecule has 2 atom stereocenters. The highest BCUT2D eigenvalue weighted by Gasteiger charge is 2.23.